The quantitative estimate of drug-likeness (QED) is 0.339. The SMILES string of the molecule is Cc1ccc2nc(C(C)(C)P)cc(NC3CCC(N(C)C(=O)c4c5ccccc5nn4C)CC3)c2c1. The van der Waals surface area contributed by atoms with Gasteiger partial charge in [-0.25, -0.2) is 0 Å². The largest absolute Gasteiger partial charge is 0.382 e. The summed E-state index contributed by atoms with van der Waals surface area (Å²) < 4.78 is 1.72. The number of nitrogens with zero attached hydrogens (tertiary/aromatic N) is 4. The van der Waals surface area contributed by atoms with E-state index in [0.29, 0.717) is 11.7 Å². The van der Waals surface area contributed by atoms with Gasteiger partial charge in [0.05, 0.1) is 16.7 Å². The number of hydrogen-bond acceptors (Lipinski definition) is 4. The zero-order valence-electron chi connectivity index (χ0n) is 21.9. The summed E-state index contributed by atoms with van der Waals surface area (Å²) in [6, 6.07) is 17.1. The first kappa shape index (κ1) is 24.7. The van der Waals surface area contributed by atoms with Gasteiger partial charge in [-0.05, 0) is 56.9 Å². The molecule has 1 aliphatic rings. The van der Waals surface area contributed by atoms with Gasteiger partial charge in [0.2, 0.25) is 0 Å². The van der Waals surface area contributed by atoms with Crippen LogP contribution in [0.3, 0.4) is 0 Å². The van der Waals surface area contributed by atoms with E-state index in [-0.39, 0.29) is 17.1 Å². The lowest BCUT2D eigenvalue weighted by atomic mass is 9.89. The van der Waals surface area contributed by atoms with Crippen molar-refractivity contribution in [1.82, 2.24) is 19.7 Å². The minimum atomic E-state index is -0.105. The molecule has 1 aliphatic carbocycles. The van der Waals surface area contributed by atoms with E-state index in [1.807, 2.05) is 43.3 Å². The molecule has 2 aromatic heterocycles. The molecular weight excluding hydrogens is 465 g/mol. The van der Waals surface area contributed by atoms with Crippen LogP contribution in [0.4, 0.5) is 5.69 Å². The maximum atomic E-state index is 13.5. The van der Waals surface area contributed by atoms with Crippen LogP contribution in [0.25, 0.3) is 21.8 Å². The first-order valence-corrected chi connectivity index (χ1v) is 13.4. The number of benzene rings is 2. The Hall–Kier alpha value is -2.98. The maximum absolute atomic E-state index is 13.5. The van der Waals surface area contributed by atoms with Crippen LogP contribution in [0.5, 0.6) is 0 Å². The molecule has 0 bridgehead atoms. The zero-order chi connectivity index (χ0) is 25.6. The Balaban J connectivity index is 1.31. The number of rotatable bonds is 5. The van der Waals surface area contributed by atoms with E-state index in [2.05, 4.69) is 64.7 Å². The zero-order valence-corrected chi connectivity index (χ0v) is 23.0. The average molecular weight is 502 g/mol. The highest BCUT2D eigenvalue weighted by Gasteiger charge is 2.30. The van der Waals surface area contributed by atoms with Crippen molar-refractivity contribution in [3.05, 3.63) is 65.5 Å². The Labute approximate surface area is 215 Å². The molecule has 2 heterocycles. The van der Waals surface area contributed by atoms with Crippen molar-refractivity contribution in [3.63, 3.8) is 0 Å². The van der Waals surface area contributed by atoms with Gasteiger partial charge in [0.1, 0.15) is 5.69 Å². The number of anilines is 1. The first-order chi connectivity index (χ1) is 17.1. The second kappa shape index (κ2) is 9.48. The normalized spacial score (nSPS) is 18.5. The number of fused-ring (bicyclic) bond motifs is 2. The summed E-state index contributed by atoms with van der Waals surface area (Å²) in [6.45, 7) is 6.47. The van der Waals surface area contributed by atoms with E-state index >= 15 is 0 Å². The lowest BCUT2D eigenvalue weighted by Gasteiger charge is -2.35. The first-order valence-electron chi connectivity index (χ1n) is 12.8. The van der Waals surface area contributed by atoms with Crippen molar-refractivity contribution in [2.45, 2.75) is 63.7 Å². The van der Waals surface area contributed by atoms with E-state index in [4.69, 9.17) is 4.98 Å². The van der Waals surface area contributed by atoms with Crippen molar-refractivity contribution >= 4 is 42.6 Å². The van der Waals surface area contributed by atoms with Crippen LogP contribution in [0.2, 0.25) is 0 Å². The molecule has 1 saturated carbocycles. The van der Waals surface area contributed by atoms with Gasteiger partial charge >= 0.3 is 0 Å². The monoisotopic (exact) mass is 501 g/mol. The molecule has 6 nitrogen and oxygen atoms in total. The van der Waals surface area contributed by atoms with Gasteiger partial charge in [-0.15, -0.1) is 9.24 Å². The Bertz CT molecular complexity index is 1430. The van der Waals surface area contributed by atoms with Crippen LogP contribution in [-0.4, -0.2) is 44.7 Å². The highest BCUT2D eigenvalue weighted by molar-refractivity contribution is 7.18. The van der Waals surface area contributed by atoms with Gasteiger partial charge in [0, 0.05) is 47.8 Å². The average Bonchev–Trinajstić information content (AvgIpc) is 3.18. The summed E-state index contributed by atoms with van der Waals surface area (Å²) in [5.74, 6) is 0.0468. The molecule has 1 fully saturated rings. The topological polar surface area (TPSA) is 63.1 Å². The fourth-order valence-electron chi connectivity index (χ4n) is 5.35. The highest BCUT2D eigenvalue weighted by Crippen LogP contribution is 2.35. The van der Waals surface area contributed by atoms with Gasteiger partial charge in [-0.2, -0.15) is 5.10 Å². The van der Waals surface area contributed by atoms with Gasteiger partial charge in [0.25, 0.3) is 5.91 Å². The molecule has 1 atom stereocenters. The second-order valence-electron chi connectivity index (χ2n) is 10.9. The predicted molar refractivity (Wildman–Crippen MR) is 152 cm³/mol. The number of aryl methyl sites for hydroxylation is 2. The Morgan fingerprint density at radius 1 is 1.06 bits per heavy atom. The molecule has 0 radical (unpaired) electrons. The smallest absolute Gasteiger partial charge is 0.272 e. The third-order valence-corrected chi connectivity index (χ3v) is 7.79. The summed E-state index contributed by atoms with van der Waals surface area (Å²) in [7, 11) is 6.70. The minimum Gasteiger partial charge on any atom is -0.382 e. The third-order valence-electron chi connectivity index (χ3n) is 7.49. The van der Waals surface area contributed by atoms with E-state index in [9.17, 15) is 4.79 Å². The highest BCUT2D eigenvalue weighted by atomic mass is 31.0. The number of pyridine rings is 1. The van der Waals surface area contributed by atoms with E-state index < -0.39 is 0 Å². The molecule has 0 saturated heterocycles. The molecule has 0 spiro atoms. The Kier molecular flexibility index (Phi) is 6.50. The van der Waals surface area contributed by atoms with Crippen molar-refractivity contribution in [2.24, 2.45) is 7.05 Å². The summed E-state index contributed by atoms with van der Waals surface area (Å²) in [4.78, 5) is 20.3. The molecule has 5 rings (SSSR count). The number of carbonyl (C=O) groups excluding carboxylic acids is 1. The van der Waals surface area contributed by atoms with Crippen molar-refractivity contribution in [3.8, 4) is 0 Å². The molecule has 0 aliphatic heterocycles. The van der Waals surface area contributed by atoms with Crippen LogP contribution >= 0.6 is 9.24 Å². The molecule has 2 aromatic carbocycles. The van der Waals surface area contributed by atoms with E-state index in [1.165, 1.54) is 10.9 Å². The fraction of sp³-hybridized carbons (Fsp3) is 0.414. The molecule has 4 aromatic rings. The number of hydrogen-bond donors (Lipinski definition) is 1. The Morgan fingerprint density at radius 2 is 1.78 bits per heavy atom. The van der Waals surface area contributed by atoms with Gasteiger partial charge in [-0.3, -0.25) is 14.5 Å². The van der Waals surface area contributed by atoms with Gasteiger partial charge < -0.3 is 10.2 Å². The third kappa shape index (κ3) is 4.71. The summed E-state index contributed by atoms with van der Waals surface area (Å²) in [5, 5.41) is 10.4. The predicted octanol–water partition coefficient (Wildman–Crippen LogP) is 6.04. The number of aromatic nitrogens is 3. The summed E-state index contributed by atoms with van der Waals surface area (Å²) in [6.07, 6.45) is 3.98. The fourth-order valence-corrected chi connectivity index (χ4v) is 5.50. The summed E-state index contributed by atoms with van der Waals surface area (Å²) >= 11 is 0. The van der Waals surface area contributed by atoms with Crippen LogP contribution in [0.1, 0.15) is 61.3 Å². The molecule has 188 valence electrons. The van der Waals surface area contributed by atoms with Gasteiger partial charge in [-0.1, -0.05) is 43.7 Å². The van der Waals surface area contributed by atoms with Crippen LogP contribution in [-0.2, 0) is 12.2 Å². The number of amides is 1. The van der Waals surface area contributed by atoms with Crippen LogP contribution in [0.15, 0.2) is 48.5 Å². The lowest BCUT2D eigenvalue weighted by molar-refractivity contribution is 0.0683. The van der Waals surface area contributed by atoms with E-state index in [0.717, 1.165) is 53.5 Å². The standard InChI is InChI=1S/C29H36N5OP/c1-18-10-15-23-22(16-18)25(17-26(31-23)29(2,3)36)30-19-11-13-20(14-12-19)33(4)28(35)27-21-8-6-7-9-24(21)32-34(27)5/h6-10,15-17,19-20H,11-14,36H2,1-5H3,(H,30,31). The van der Waals surface area contributed by atoms with Crippen molar-refractivity contribution in [1.29, 1.82) is 0 Å². The van der Waals surface area contributed by atoms with Crippen molar-refractivity contribution < 1.29 is 4.79 Å². The summed E-state index contributed by atoms with van der Waals surface area (Å²) in [5.41, 5.74) is 6.00. The van der Waals surface area contributed by atoms with Crippen molar-refractivity contribution in [2.75, 3.05) is 12.4 Å². The van der Waals surface area contributed by atoms with E-state index in [1.54, 1.807) is 4.68 Å². The van der Waals surface area contributed by atoms with Gasteiger partial charge in [0.15, 0.2) is 0 Å². The molecule has 36 heavy (non-hydrogen) atoms. The second-order valence-corrected chi connectivity index (χ2v) is 12.3. The number of nitrogens with one attached hydrogen (secondary N) is 1. The molecule has 7 heteroatoms. The minimum absolute atomic E-state index is 0.0468. The molecule has 1 amide bonds. The molecule has 1 unspecified atom stereocenters. The molecular formula is C29H36N5OP. The lowest BCUT2D eigenvalue weighted by Crippen LogP contribution is -2.42. The number of carbonyl (C=O) groups is 1. The molecule has 1 N–H and O–H groups in total. The van der Waals surface area contributed by atoms with Crippen LogP contribution < -0.4 is 5.32 Å². The maximum Gasteiger partial charge on any atom is 0.272 e. The Morgan fingerprint density at radius 3 is 2.50 bits per heavy atom. The van der Waals surface area contributed by atoms with Crippen LogP contribution in [0, 0.1) is 6.92 Å².